The molecule has 4 unspecified atom stereocenters. The lowest BCUT2D eigenvalue weighted by molar-refractivity contribution is -0.132. The van der Waals surface area contributed by atoms with Gasteiger partial charge in [0, 0.05) is 0 Å². The Morgan fingerprint density at radius 2 is 0.635 bits per heavy atom. The van der Waals surface area contributed by atoms with Crippen molar-refractivity contribution in [2.24, 2.45) is 0 Å². The quantitative estimate of drug-likeness (QED) is 0.0309. The van der Waals surface area contributed by atoms with Crippen LogP contribution in [0, 0.1) is 0 Å². The topological polar surface area (TPSA) is 110 Å². The second-order valence-electron chi connectivity index (χ2n) is 20.0. The van der Waals surface area contributed by atoms with Crippen LogP contribution in [0.5, 0.6) is 0 Å². The predicted octanol–water partition coefficient (Wildman–Crippen LogP) is 16.5. The van der Waals surface area contributed by atoms with Crippen LogP contribution < -0.4 is 5.32 Å². The van der Waals surface area contributed by atoms with Crippen LogP contribution in [-0.4, -0.2) is 57.3 Å². The van der Waals surface area contributed by atoms with Gasteiger partial charge in [0.25, 0.3) is 0 Å². The summed E-state index contributed by atoms with van der Waals surface area (Å²) in [7, 11) is 0. The summed E-state index contributed by atoms with van der Waals surface area (Å²) in [6, 6.07) is -0.985. The van der Waals surface area contributed by atoms with Crippen molar-refractivity contribution in [1.29, 1.82) is 0 Å². The van der Waals surface area contributed by atoms with Gasteiger partial charge in [-0.2, -0.15) is 0 Å². The molecule has 0 aromatic rings. The largest absolute Gasteiger partial charge is 0.394 e. The number of amides is 1. The fraction of sp³-hybridized carbons (Fsp3) is 0.947. The zero-order chi connectivity index (χ0) is 45.9. The van der Waals surface area contributed by atoms with Crippen molar-refractivity contribution in [3.05, 3.63) is 12.2 Å². The number of nitrogens with one attached hydrogen (secondary N) is 1. The Balaban J connectivity index is 3.61. The van der Waals surface area contributed by atoms with Crippen molar-refractivity contribution in [3.8, 4) is 0 Å². The fourth-order valence-corrected chi connectivity index (χ4v) is 9.23. The second-order valence-corrected chi connectivity index (χ2v) is 20.0. The first-order valence-corrected chi connectivity index (χ1v) is 28.6. The van der Waals surface area contributed by atoms with E-state index in [1.54, 1.807) is 0 Å². The van der Waals surface area contributed by atoms with Gasteiger partial charge in [0.05, 0.1) is 18.8 Å². The molecule has 0 spiro atoms. The first-order chi connectivity index (χ1) is 31.0. The molecule has 1 amide bonds. The van der Waals surface area contributed by atoms with E-state index >= 15 is 0 Å². The van der Waals surface area contributed by atoms with E-state index in [2.05, 4.69) is 31.3 Å². The van der Waals surface area contributed by atoms with Gasteiger partial charge in [-0.05, 0) is 38.5 Å². The lowest BCUT2D eigenvalue weighted by Crippen LogP contribution is -2.53. The molecule has 0 fully saturated rings. The number of carbonyl (C=O) groups excluding carboxylic acids is 1. The molecule has 0 saturated heterocycles. The summed E-state index contributed by atoms with van der Waals surface area (Å²) in [6.45, 7) is 4.09. The average molecular weight is 893 g/mol. The van der Waals surface area contributed by atoms with Crippen molar-refractivity contribution in [1.82, 2.24) is 5.32 Å². The van der Waals surface area contributed by atoms with E-state index in [1.807, 2.05) is 0 Å². The highest BCUT2D eigenvalue weighted by atomic mass is 16.3. The summed E-state index contributed by atoms with van der Waals surface area (Å²) < 4.78 is 0. The van der Waals surface area contributed by atoms with Crippen molar-refractivity contribution >= 4 is 5.91 Å². The fourth-order valence-electron chi connectivity index (χ4n) is 9.23. The highest BCUT2D eigenvalue weighted by molar-refractivity contribution is 5.80. The van der Waals surface area contributed by atoms with Gasteiger partial charge in [-0.15, -0.1) is 0 Å². The lowest BCUT2D eigenvalue weighted by Gasteiger charge is -2.27. The van der Waals surface area contributed by atoms with Gasteiger partial charge in [0.2, 0.25) is 5.91 Å². The summed E-state index contributed by atoms with van der Waals surface area (Å²) in [5.74, 6) is -0.582. The van der Waals surface area contributed by atoms with Gasteiger partial charge in [0.1, 0.15) is 12.2 Å². The summed E-state index contributed by atoms with van der Waals surface area (Å²) in [5, 5.41) is 44.0. The molecule has 63 heavy (non-hydrogen) atoms. The predicted molar refractivity (Wildman–Crippen MR) is 275 cm³/mol. The number of hydrogen-bond donors (Lipinski definition) is 5. The molecule has 0 heterocycles. The highest BCUT2D eigenvalue weighted by Crippen LogP contribution is 2.18. The van der Waals surface area contributed by atoms with Gasteiger partial charge in [-0.25, -0.2) is 0 Å². The molecule has 0 bridgehead atoms. The maximum Gasteiger partial charge on any atom is 0.249 e. The van der Waals surface area contributed by atoms with Gasteiger partial charge in [0.15, 0.2) is 0 Å². The van der Waals surface area contributed by atoms with E-state index < -0.39 is 36.9 Å². The molecule has 0 radical (unpaired) electrons. The van der Waals surface area contributed by atoms with Gasteiger partial charge in [-0.3, -0.25) is 4.79 Å². The van der Waals surface area contributed by atoms with Crippen LogP contribution >= 0.6 is 0 Å². The molecule has 0 saturated carbocycles. The lowest BCUT2D eigenvalue weighted by atomic mass is 9.99. The number of aliphatic hydroxyl groups is 4. The molecule has 0 rings (SSSR count). The zero-order valence-corrected chi connectivity index (χ0v) is 42.6. The summed E-state index contributed by atoms with van der Waals surface area (Å²) in [5.41, 5.74) is 0. The maximum atomic E-state index is 12.6. The number of carbonyl (C=O) groups is 1. The van der Waals surface area contributed by atoms with E-state index in [0.29, 0.717) is 12.8 Å². The minimum absolute atomic E-state index is 0.367. The molecular formula is C57H113NO5. The van der Waals surface area contributed by atoms with Crippen molar-refractivity contribution < 1.29 is 25.2 Å². The van der Waals surface area contributed by atoms with E-state index in [4.69, 9.17) is 0 Å². The third-order valence-corrected chi connectivity index (χ3v) is 13.7. The Morgan fingerprint density at radius 3 is 0.921 bits per heavy atom. The van der Waals surface area contributed by atoms with Crippen molar-refractivity contribution in [2.45, 2.75) is 340 Å². The van der Waals surface area contributed by atoms with E-state index in [-0.39, 0.29) is 0 Å². The van der Waals surface area contributed by atoms with Gasteiger partial charge < -0.3 is 25.7 Å². The maximum absolute atomic E-state index is 12.6. The summed E-state index contributed by atoms with van der Waals surface area (Å²) >= 11 is 0. The molecule has 4 atom stereocenters. The third-order valence-electron chi connectivity index (χ3n) is 13.7. The van der Waals surface area contributed by atoms with Crippen LogP contribution in [0.15, 0.2) is 12.2 Å². The molecule has 0 aromatic carbocycles. The Hall–Kier alpha value is -0.950. The van der Waals surface area contributed by atoms with Crippen LogP contribution in [0.4, 0.5) is 0 Å². The summed E-state index contributed by atoms with van der Waals surface area (Å²) in [6.07, 6.45) is 61.3. The number of rotatable bonds is 53. The summed E-state index contributed by atoms with van der Waals surface area (Å²) in [4.78, 5) is 12.6. The van der Waals surface area contributed by atoms with Crippen LogP contribution in [-0.2, 0) is 4.79 Å². The van der Waals surface area contributed by atoms with E-state index in [0.717, 1.165) is 38.5 Å². The first-order valence-electron chi connectivity index (χ1n) is 28.6. The SMILES string of the molecule is CCCCCCCCCCCCCC/C=C\CCCCCCCCCC(O)C(=O)NC(CO)C(O)C(O)CCCCCCCCCCCCCCCCCCCCCCCCCC. The Bertz CT molecular complexity index is 913. The Kier molecular flexibility index (Phi) is 51.2. The smallest absolute Gasteiger partial charge is 0.249 e. The van der Waals surface area contributed by atoms with Crippen LogP contribution in [0.3, 0.4) is 0 Å². The molecule has 376 valence electrons. The Labute approximate surface area is 393 Å². The molecule has 0 aliphatic rings. The molecule has 0 aliphatic carbocycles. The molecular weight excluding hydrogens is 779 g/mol. The third kappa shape index (κ3) is 46.0. The van der Waals surface area contributed by atoms with Gasteiger partial charge >= 0.3 is 0 Å². The average Bonchev–Trinajstić information content (AvgIpc) is 3.29. The molecule has 0 aromatic heterocycles. The molecule has 5 N–H and O–H groups in total. The van der Waals surface area contributed by atoms with Crippen LogP contribution in [0.1, 0.15) is 316 Å². The number of unbranched alkanes of at least 4 members (excludes halogenated alkanes) is 42. The monoisotopic (exact) mass is 892 g/mol. The minimum Gasteiger partial charge on any atom is -0.394 e. The second kappa shape index (κ2) is 52.0. The Morgan fingerprint density at radius 1 is 0.381 bits per heavy atom. The molecule has 6 heteroatoms. The van der Waals surface area contributed by atoms with E-state index in [1.165, 1.54) is 250 Å². The van der Waals surface area contributed by atoms with Crippen LogP contribution in [0.2, 0.25) is 0 Å². The number of hydrogen-bond acceptors (Lipinski definition) is 5. The highest BCUT2D eigenvalue weighted by Gasteiger charge is 2.28. The van der Waals surface area contributed by atoms with Crippen LogP contribution in [0.25, 0.3) is 0 Å². The standard InChI is InChI=1S/C57H113NO5/c1-3-5-7-9-11-13-15-17-19-21-23-25-27-29-30-32-34-36-38-40-42-44-46-48-50-54(60)56(62)53(52-59)58-57(63)55(61)51-49-47-45-43-41-39-37-35-33-31-28-26-24-22-20-18-16-14-12-10-8-6-4-2/h31,33,53-56,59-62H,3-30,32,34-52H2,1-2H3,(H,58,63)/b33-31-. The van der Waals surface area contributed by atoms with Gasteiger partial charge in [-0.1, -0.05) is 289 Å². The first kappa shape index (κ1) is 62.1. The number of aliphatic hydroxyl groups excluding tert-OH is 4. The van der Waals surface area contributed by atoms with Crippen molar-refractivity contribution in [3.63, 3.8) is 0 Å². The number of allylic oxidation sites excluding steroid dienone is 2. The zero-order valence-electron chi connectivity index (χ0n) is 42.6. The normalized spacial score (nSPS) is 13.8. The molecule has 6 nitrogen and oxygen atoms in total. The van der Waals surface area contributed by atoms with Crippen molar-refractivity contribution in [2.75, 3.05) is 6.61 Å². The van der Waals surface area contributed by atoms with E-state index in [9.17, 15) is 25.2 Å². The molecule has 0 aliphatic heterocycles. The minimum atomic E-state index is -1.26.